The van der Waals surface area contributed by atoms with Crippen molar-refractivity contribution in [2.45, 2.75) is 39.0 Å². The topological polar surface area (TPSA) is 71.7 Å². The Bertz CT molecular complexity index is 1050. The quantitative estimate of drug-likeness (QED) is 0.475. The van der Waals surface area contributed by atoms with Crippen LogP contribution in [-0.4, -0.2) is 65.7 Å². The van der Waals surface area contributed by atoms with Crippen LogP contribution in [-0.2, 0) is 17.6 Å². The maximum atomic E-state index is 12.7. The molecule has 2 heterocycles. The fourth-order valence-electron chi connectivity index (χ4n) is 4.16. The SMILES string of the molecule is COc1ccc(CCN2CCN(C(=O)CCc3nc(-c4ccc(C(C)C)cc4)no3)CC2)cc1. The van der Waals surface area contributed by atoms with Gasteiger partial charge in [0.05, 0.1) is 7.11 Å². The van der Waals surface area contributed by atoms with Crippen LogP contribution in [0, 0.1) is 0 Å². The minimum absolute atomic E-state index is 0.149. The van der Waals surface area contributed by atoms with Gasteiger partial charge in [0.25, 0.3) is 0 Å². The number of carbonyl (C=O) groups excluding carboxylic acids is 1. The van der Waals surface area contributed by atoms with E-state index in [-0.39, 0.29) is 5.91 Å². The maximum Gasteiger partial charge on any atom is 0.227 e. The van der Waals surface area contributed by atoms with Crippen molar-refractivity contribution in [2.75, 3.05) is 39.8 Å². The van der Waals surface area contributed by atoms with E-state index in [0.717, 1.165) is 50.5 Å². The van der Waals surface area contributed by atoms with Gasteiger partial charge in [-0.2, -0.15) is 4.98 Å². The van der Waals surface area contributed by atoms with Gasteiger partial charge >= 0.3 is 0 Å². The molecule has 1 fully saturated rings. The Kier molecular flexibility index (Phi) is 7.95. The smallest absolute Gasteiger partial charge is 0.227 e. The third kappa shape index (κ3) is 6.23. The molecule has 7 heteroatoms. The molecule has 0 spiro atoms. The average Bonchev–Trinajstić information content (AvgIpc) is 3.36. The third-order valence-electron chi connectivity index (χ3n) is 6.46. The largest absolute Gasteiger partial charge is 0.497 e. The number of amides is 1. The monoisotopic (exact) mass is 462 g/mol. The predicted molar refractivity (Wildman–Crippen MR) is 132 cm³/mol. The van der Waals surface area contributed by atoms with E-state index in [9.17, 15) is 4.79 Å². The molecule has 0 bridgehead atoms. The Hall–Kier alpha value is -3.19. The van der Waals surface area contributed by atoms with Crippen LogP contribution < -0.4 is 4.74 Å². The van der Waals surface area contributed by atoms with E-state index >= 15 is 0 Å². The molecule has 4 rings (SSSR count). The zero-order valence-corrected chi connectivity index (χ0v) is 20.4. The lowest BCUT2D eigenvalue weighted by Crippen LogP contribution is -2.49. The first-order valence-corrected chi connectivity index (χ1v) is 12.1. The van der Waals surface area contributed by atoms with E-state index in [1.54, 1.807) is 7.11 Å². The summed E-state index contributed by atoms with van der Waals surface area (Å²) < 4.78 is 10.6. The Morgan fingerprint density at radius 1 is 1.00 bits per heavy atom. The fraction of sp³-hybridized carbons (Fsp3) is 0.444. The molecule has 0 N–H and O–H groups in total. The molecule has 0 aliphatic carbocycles. The molecule has 0 radical (unpaired) electrons. The number of aryl methyl sites for hydroxylation is 1. The van der Waals surface area contributed by atoms with Gasteiger partial charge in [-0.05, 0) is 35.6 Å². The van der Waals surface area contributed by atoms with Crippen molar-refractivity contribution in [3.8, 4) is 17.1 Å². The van der Waals surface area contributed by atoms with Crippen LogP contribution in [0.4, 0.5) is 0 Å². The molecule has 180 valence electrons. The number of benzene rings is 2. The molecular formula is C27H34N4O3. The lowest BCUT2D eigenvalue weighted by Gasteiger charge is -2.34. The van der Waals surface area contributed by atoms with Crippen LogP contribution in [0.1, 0.15) is 43.2 Å². The van der Waals surface area contributed by atoms with Gasteiger partial charge in [-0.15, -0.1) is 0 Å². The predicted octanol–water partition coefficient (Wildman–Crippen LogP) is 4.19. The average molecular weight is 463 g/mol. The summed E-state index contributed by atoms with van der Waals surface area (Å²) in [6.45, 7) is 8.66. The number of hydrogen-bond donors (Lipinski definition) is 0. The molecule has 1 amide bonds. The van der Waals surface area contributed by atoms with E-state index < -0.39 is 0 Å². The molecule has 34 heavy (non-hydrogen) atoms. The molecule has 0 saturated carbocycles. The molecule has 1 aliphatic rings. The third-order valence-corrected chi connectivity index (χ3v) is 6.46. The van der Waals surface area contributed by atoms with Gasteiger partial charge in [-0.25, -0.2) is 0 Å². The highest BCUT2D eigenvalue weighted by molar-refractivity contribution is 5.76. The number of rotatable bonds is 9. The Morgan fingerprint density at radius 3 is 2.35 bits per heavy atom. The van der Waals surface area contributed by atoms with Crippen molar-refractivity contribution in [1.29, 1.82) is 0 Å². The number of carbonyl (C=O) groups is 1. The molecule has 0 atom stereocenters. The highest BCUT2D eigenvalue weighted by Gasteiger charge is 2.21. The molecule has 7 nitrogen and oxygen atoms in total. The van der Waals surface area contributed by atoms with Crippen LogP contribution in [0.5, 0.6) is 5.75 Å². The van der Waals surface area contributed by atoms with Crippen LogP contribution in [0.3, 0.4) is 0 Å². The molecular weight excluding hydrogens is 428 g/mol. The molecule has 1 aliphatic heterocycles. The summed E-state index contributed by atoms with van der Waals surface area (Å²) in [6, 6.07) is 16.4. The van der Waals surface area contributed by atoms with E-state index in [1.165, 1.54) is 11.1 Å². The zero-order valence-electron chi connectivity index (χ0n) is 20.4. The molecule has 1 aromatic heterocycles. The van der Waals surface area contributed by atoms with Crippen molar-refractivity contribution >= 4 is 5.91 Å². The molecule has 3 aromatic rings. The number of nitrogens with zero attached hydrogens (tertiary/aromatic N) is 4. The van der Waals surface area contributed by atoms with Crippen LogP contribution >= 0.6 is 0 Å². The van der Waals surface area contributed by atoms with Crippen LogP contribution in [0.15, 0.2) is 53.1 Å². The number of aromatic nitrogens is 2. The second kappa shape index (κ2) is 11.3. The van der Waals surface area contributed by atoms with Crippen LogP contribution in [0.25, 0.3) is 11.4 Å². The Balaban J connectivity index is 1.19. The zero-order chi connectivity index (χ0) is 23.9. The number of ether oxygens (including phenoxy) is 1. The van der Waals surface area contributed by atoms with Gasteiger partial charge in [-0.3, -0.25) is 9.69 Å². The van der Waals surface area contributed by atoms with Crippen molar-refractivity contribution < 1.29 is 14.1 Å². The van der Waals surface area contributed by atoms with Gasteiger partial charge < -0.3 is 14.2 Å². The van der Waals surface area contributed by atoms with Crippen LogP contribution in [0.2, 0.25) is 0 Å². The van der Waals surface area contributed by atoms with Crippen molar-refractivity contribution in [3.05, 3.63) is 65.5 Å². The Morgan fingerprint density at radius 2 is 1.71 bits per heavy atom. The van der Waals surface area contributed by atoms with E-state index in [2.05, 4.69) is 53.2 Å². The maximum absolute atomic E-state index is 12.7. The van der Waals surface area contributed by atoms with Crippen molar-refractivity contribution in [2.24, 2.45) is 0 Å². The van der Waals surface area contributed by atoms with E-state index in [0.29, 0.717) is 30.5 Å². The second-order valence-electron chi connectivity index (χ2n) is 9.11. The minimum atomic E-state index is 0.149. The minimum Gasteiger partial charge on any atom is -0.497 e. The number of methoxy groups -OCH3 is 1. The van der Waals surface area contributed by atoms with Gasteiger partial charge in [0, 0.05) is 51.1 Å². The first kappa shape index (κ1) is 24.0. The van der Waals surface area contributed by atoms with Crippen molar-refractivity contribution in [1.82, 2.24) is 19.9 Å². The molecule has 0 unspecified atom stereocenters. The Labute approximate surface area is 201 Å². The summed E-state index contributed by atoms with van der Waals surface area (Å²) in [5.41, 5.74) is 3.50. The standard InChI is InChI=1S/C27H34N4O3/c1-20(2)22-6-8-23(9-7-22)27-28-25(34-29-27)12-13-26(32)31-18-16-30(17-19-31)15-14-21-4-10-24(33-3)11-5-21/h4-11,20H,12-19H2,1-3H3. The van der Waals surface area contributed by atoms with Gasteiger partial charge in [0.1, 0.15) is 5.75 Å². The summed E-state index contributed by atoms with van der Waals surface area (Å²) in [7, 11) is 1.68. The van der Waals surface area contributed by atoms with Gasteiger partial charge in [-0.1, -0.05) is 55.4 Å². The van der Waals surface area contributed by atoms with E-state index in [4.69, 9.17) is 9.26 Å². The summed E-state index contributed by atoms with van der Waals surface area (Å²) in [6.07, 6.45) is 1.85. The normalized spacial score (nSPS) is 14.5. The molecule has 1 saturated heterocycles. The lowest BCUT2D eigenvalue weighted by molar-refractivity contribution is -0.133. The lowest BCUT2D eigenvalue weighted by atomic mass is 10.0. The first-order valence-electron chi connectivity index (χ1n) is 12.1. The van der Waals surface area contributed by atoms with Crippen molar-refractivity contribution in [3.63, 3.8) is 0 Å². The fourth-order valence-corrected chi connectivity index (χ4v) is 4.16. The highest BCUT2D eigenvalue weighted by atomic mass is 16.5. The number of hydrogen-bond acceptors (Lipinski definition) is 6. The summed E-state index contributed by atoms with van der Waals surface area (Å²) >= 11 is 0. The summed E-state index contributed by atoms with van der Waals surface area (Å²) in [4.78, 5) is 21.6. The van der Waals surface area contributed by atoms with E-state index in [1.807, 2.05) is 29.2 Å². The second-order valence-corrected chi connectivity index (χ2v) is 9.11. The summed E-state index contributed by atoms with van der Waals surface area (Å²) in [5.74, 6) is 2.60. The van der Waals surface area contributed by atoms with Gasteiger partial charge in [0.15, 0.2) is 0 Å². The number of piperazine rings is 1. The molecule has 2 aromatic carbocycles. The highest BCUT2D eigenvalue weighted by Crippen LogP contribution is 2.21. The van der Waals surface area contributed by atoms with Gasteiger partial charge in [0.2, 0.25) is 17.6 Å². The summed E-state index contributed by atoms with van der Waals surface area (Å²) in [5, 5.41) is 4.09. The first-order chi connectivity index (χ1) is 16.5.